The maximum Gasteiger partial charge on any atom is 0.265 e. The Morgan fingerprint density at radius 2 is 1.88 bits per heavy atom. The lowest BCUT2D eigenvalue weighted by molar-refractivity contribution is 0.103. The highest BCUT2D eigenvalue weighted by Crippen LogP contribution is 2.22. The molecule has 2 rings (SSSR count). The van der Waals surface area contributed by atoms with Crippen LogP contribution in [0, 0.1) is 0 Å². The zero-order valence-electron chi connectivity index (χ0n) is 8.74. The number of amides is 1. The fourth-order valence-electron chi connectivity index (χ4n) is 1.31. The van der Waals surface area contributed by atoms with Gasteiger partial charge in [0.15, 0.2) is 0 Å². The third-order valence-electron chi connectivity index (χ3n) is 2.16. The minimum atomic E-state index is -0.152. The van der Waals surface area contributed by atoms with E-state index in [2.05, 4.69) is 5.32 Å². The summed E-state index contributed by atoms with van der Waals surface area (Å²) in [6.07, 6.45) is 0. The van der Waals surface area contributed by atoms with Crippen LogP contribution in [0.3, 0.4) is 0 Å². The Labute approximate surface area is 113 Å². The van der Waals surface area contributed by atoms with Gasteiger partial charge in [-0.05, 0) is 29.8 Å². The van der Waals surface area contributed by atoms with Gasteiger partial charge in [-0.3, -0.25) is 4.79 Å². The van der Waals surface area contributed by atoms with Crippen LogP contribution < -0.4 is 5.32 Å². The van der Waals surface area contributed by atoms with E-state index >= 15 is 0 Å². The smallest absolute Gasteiger partial charge is 0.265 e. The third-order valence-corrected chi connectivity index (χ3v) is 3.70. The number of hydrogen-bond acceptors (Lipinski definition) is 2. The predicted molar refractivity (Wildman–Crippen MR) is 73.3 cm³/mol. The average Bonchev–Trinajstić information content (AvgIpc) is 2.77. The normalized spacial score (nSPS) is 10.2. The Hall–Kier alpha value is -1.03. The molecule has 0 fully saturated rings. The molecule has 0 aliphatic carbocycles. The minimum absolute atomic E-state index is 0.152. The van der Waals surface area contributed by atoms with Gasteiger partial charge in [0.05, 0.1) is 9.21 Å². The molecule has 0 saturated carbocycles. The number of halogens is 2. The number of anilines is 1. The van der Waals surface area contributed by atoms with Crippen molar-refractivity contribution in [3.63, 3.8) is 0 Å². The number of hydrogen-bond donors (Lipinski definition) is 1. The standard InChI is InChI=1S/C12H9Cl2NOS/c13-7-8-1-3-9(4-2-8)15-12(16)10-5-6-11(14)17-10/h1-6H,7H2,(H,15,16). The Bertz CT molecular complexity index is 522. The van der Waals surface area contributed by atoms with Gasteiger partial charge in [-0.25, -0.2) is 0 Å². The van der Waals surface area contributed by atoms with E-state index < -0.39 is 0 Å². The Kier molecular flexibility index (Phi) is 4.05. The monoisotopic (exact) mass is 285 g/mol. The van der Waals surface area contributed by atoms with E-state index in [9.17, 15) is 4.79 Å². The molecule has 2 nitrogen and oxygen atoms in total. The van der Waals surface area contributed by atoms with Gasteiger partial charge < -0.3 is 5.32 Å². The first-order valence-electron chi connectivity index (χ1n) is 4.90. The molecule has 0 aliphatic rings. The van der Waals surface area contributed by atoms with Crippen molar-refractivity contribution >= 4 is 46.1 Å². The Morgan fingerprint density at radius 1 is 1.18 bits per heavy atom. The van der Waals surface area contributed by atoms with E-state index in [1.807, 2.05) is 24.3 Å². The summed E-state index contributed by atoms with van der Waals surface area (Å²) in [5, 5.41) is 2.79. The summed E-state index contributed by atoms with van der Waals surface area (Å²) in [5.74, 6) is 0.315. The molecule has 1 N–H and O–H groups in total. The number of alkyl halides is 1. The molecular weight excluding hydrogens is 277 g/mol. The van der Waals surface area contributed by atoms with Crippen molar-refractivity contribution in [3.05, 3.63) is 51.2 Å². The molecule has 5 heteroatoms. The maximum atomic E-state index is 11.8. The summed E-state index contributed by atoms with van der Waals surface area (Å²) in [4.78, 5) is 12.4. The van der Waals surface area contributed by atoms with Crippen molar-refractivity contribution in [3.8, 4) is 0 Å². The predicted octanol–water partition coefficient (Wildman–Crippen LogP) is 4.39. The van der Waals surface area contributed by atoms with Crippen LogP contribution in [0.4, 0.5) is 5.69 Å². The van der Waals surface area contributed by atoms with Crippen molar-refractivity contribution in [2.75, 3.05) is 5.32 Å². The summed E-state index contributed by atoms with van der Waals surface area (Å²) < 4.78 is 0.604. The minimum Gasteiger partial charge on any atom is -0.321 e. The molecule has 1 aromatic heterocycles. The zero-order valence-corrected chi connectivity index (χ0v) is 11.1. The number of carbonyl (C=O) groups excluding carboxylic acids is 1. The third kappa shape index (κ3) is 3.22. The van der Waals surface area contributed by atoms with Crippen molar-refractivity contribution in [1.82, 2.24) is 0 Å². The van der Waals surface area contributed by atoms with Gasteiger partial charge in [0, 0.05) is 11.6 Å². The van der Waals surface area contributed by atoms with E-state index in [1.165, 1.54) is 11.3 Å². The van der Waals surface area contributed by atoms with Gasteiger partial charge >= 0.3 is 0 Å². The number of carbonyl (C=O) groups is 1. The van der Waals surface area contributed by atoms with E-state index in [-0.39, 0.29) is 5.91 Å². The summed E-state index contributed by atoms with van der Waals surface area (Å²) in [5.41, 5.74) is 1.76. The summed E-state index contributed by atoms with van der Waals surface area (Å²) >= 11 is 12.7. The highest BCUT2D eigenvalue weighted by molar-refractivity contribution is 7.18. The first-order valence-corrected chi connectivity index (χ1v) is 6.63. The van der Waals surface area contributed by atoms with Crippen molar-refractivity contribution in [2.45, 2.75) is 5.88 Å². The molecule has 0 bridgehead atoms. The van der Waals surface area contributed by atoms with Crippen LogP contribution >= 0.6 is 34.5 Å². The second-order valence-electron chi connectivity index (χ2n) is 3.39. The van der Waals surface area contributed by atoms with Crippen LogP contribution in [0.5, 0.6) is 0 Å². The molecular formula is C12H9Cl2NOS. The lowest BCUT2D eigenvalue weighted by atomic mass is 10.2. The lowest BCUT2D eigenvalue weighted by Crippen LogP contribution is -2.09. The van der Waals surface area contributed by atoms with E-state index in [1.54, 1.807) is 12.1 Å². The molecule has 0 spiro atoms. The molecule has 0 saturated heterocycles. The van der Waals surface area contributed by atoms with Crippen molar-refractivity contribution in [1.29, 1.82) is 0 Å². The average molecular weight is 286 g/mol. The van der Waals surface area contributed by atoms with Crippen LogP contribution in [-0.2, 0) is 5.88 Å². The quantitative estimate of drug-likeness (QED) is 0.833. The van der Waals surface area contributed by atoms with E-state index in [4.69, 9.17) is 23.2 Å². The van der Waals surface area contributed by atoms with Crippen molar-refractivity contribution < 1.29 is 4.79 Å². The number of benzene rings is 1. The number of nitrogens with one attached hydrogen (secondary N) is 1. The molecule has 0 aliphatic heterocycles. The summed E-state index contributed by atoms with van der Waals surface area (Å²) in [6.45, 7) is 0. The van der Waals surface area contributed by atoms with Crippen LogP contribution in [0.1, 0.15) is 15.2 Å². The molecule has 0 atom stereocenters. The largest absolute Gasteiger partial charge is 0.321 e. The zero-order chi connectivity index (χ0) is 12.3. The van der Waals surface area contributed by atoms with Crippen LogP contribution in [0.25, 0.3) is 0 Å². The van der Waals surface area contributed by atoms with Crippen LogP contribution in [0.15, 0.2) is 36.4 Å². The molecule has 0 radical (unpaired) electrons. The van der Waals surface area contributed by atoms with Gasteiger partial charge in [0.2, 0.25) is 0 Å². The van der Waals surface area contributed by atoms with Gasteiger partial charge in [-0.1, -0.05) is 23.7 Å². The molecule has 1 heterocycles. The van der Waals surface area contributed by atoms with E-state index in [0.29, 0.717) is 15.1 Å². The molecule has 1 aromatic carbocycles. The summed E-state index contributed by atoms with van der Waals surface area (Å²) in [7, 11) is 0. The SMILES string of the molecule is O=C(Nc1ccc(CCl)cc1)c1ccc(Cl)s1. The Balaban J connectivity index is 2.07. The second kappa shape index (κ2) is 5.54. The van der Waals surface area contributed by atoms with E-state index in [0.717, 1.165) is 11.3 Å². The maximum absolute atomic E-state index is 11.8. The van der Waals surface area contributed by atoms with Gasteiger partial charge in [0.25, 0.3) is 5.91 Å². The molecule has 88 valence electrons. The molecule has 1 amide bonds. The first-order chi connectivity index (χ1) is 8.19. The lowest BCUT2D eigenvalue weighted by Gasteiger charge is -2.03. The summed E-state index contributed by atoms with van der Waals surface area (Å²) in [6, 6.07) is 10.8. The first kappa shape index (κ1) is 12.4. The fraction of sp³-hybridized carbons (Fsp3) is 0.0833. The molecule has 2 aromatic rings. The van der Waals surface area contributed by atoms with Gasteiger partial charge in [0.1, 0.15) is 0 Å². The second-order valence-corrected chi connectivity index (χ2v) is 5.37. The molecule has 17 heavy (non-hydrogen) atoms. The molecule has 0 unspecified atom stereocenters. The topological polar surface area (TPSA) is 29.1 Å². The highest BCUT2D eigenvalue weighted by Gasteiger charge is 2.08. The Morgan fingerprint density at radius 3 is 2.41 bits per heavy atom. The number of rotatable bonds is 3. The van der Waals surface area contributed by atoms with Gasteiger partial charge in [-0.2, -0.15) is 0 Å². The van der Waals surface area contributed by atoms with Crippen molar-refractivity contribution in [2.24, 2.45) is 0 Å². The number of thiophene rings is 1. The van der Waals surface area contributed by atoms with Gasteiger partial charge in [-0.15, -0.1) is 22.9 Å². The fourth-order valence-corrected chi connectivity index (χ4v) is 2.42. The van der Waals surface area contributed by atoms with Crippen LogP contribution in [-0.4, -0.2) is 5.91 Å². The highest BCUT2D eigenvalue weighted by atomic mass is 35.5. The van der Waals surface area contributed by atoms with Crippen LogP contribution in [0.2, 0.25) is 4.34 Å².